The van der Waals surface area contributed by atoms with Crippen LogP contribution in [0.4, 0.5) is 5.69 Å². The molecular formula is C24H27N3OS. The number of nitrogens with one attached hydrogen (secondary N) is 1. The van der Waals surface area contributed by atoms with Crippen molar-refractivity contribution in [2.24, 2.45) is 0 Å². The summed E-state index contributed by atoms with van der Waals surface area (Å²) in [5.41, 5.74) is 5.96. The fourth-order valence-corrected chi connectivity index (χ4v) is 4.42. The molecule has 4 nitrogen and oxygen atoms in total. The molecule has 0 unspecified atom stereocenters. The fraction of sp³-hybridized carbons (Fsp3) is 0.292. The maximum atomic E-state index is 5.87. The number of aromatic nitrogens is 1. The first-order valence-corrected chi connectivity index (χ1v) is 10.5. The lowest BCUT2D eigenvalue weighted by atomic mass is 10.00. The van der Waals surface area contributed by atoms with E-state index in [-0.39, 0.29) is 6.04 Å². The second-order valence-electron chi connectivity index (χ2n) is 7.53. The van der Waals surface area contributed by atoms with Crippen molar-refractivity contribution >= 4 is 23.0 Å². The Bertz CT molecular complexity index is 989. The molecule has 2 aromatic carbocycles. The molecule has 0 saturated carbocycles. The van der Waals surface area contributed by atoms with E-state index < -0.39 is 0 Å². The van der Waals surface area contributed by atoms with Crippen LogP contribution in [-0.2, 0) is 6.54 Å². The molecule has 1 aromatic heterocycles. The van der Waals surface area contributed by atoms with Gasteiger partial charge in [0.15, 0.2) is 5.11 Å². The molecule has 150 valence electrons. The van der Waals surface area contributed by atoms with Crippen molar-refractivity contribution in [1.82, 2.24) is 9.47 Å². The topological polar surface area (TPSA) is 29.4 Å². The van der Waals surface area contributed by atoms with Crippen molar-refractivity contribution in [1.29, 1.82) is 0 Å². The van der Waals surface area contributed by atoms with E-state index in [0.29, 0.717) is 6.61 Å². The average molecular weight is 406 g/mol. The number of fused-ring (bicyclic) bond motifs is 1. The summed E-state index contributed by atoms with van der Waals surface area (Å²) < 4.78 is 7.94. The van der Waals surface area contributed by atoms with Crippen LogP contribution in [0.3, 0.4) is 0 Å². The molecule has 0 saturated heterocycles. The van der Waals surface area contributed by atoms with Crippen molar-refractivity contribution < 1.29 is 4.74 Å². The number of nitrogens with zero attached hydrogens (tertiary/aromatic N) is 2. The number of aryl methyl sites for hydroxylation is 2. The van der Waals surface area contributed by atoms with E-state index in [1.165, 1.54) is 22.4 Å². The van der Waals surface area contributed by atoms with Gasteiger partial charge < -0.3 is 19.5 Å². The highest BCUT2D eigenvalue weighted by atomic mass is 32.1. The Kier molecular flexibility index (Phi) is 5.58. The number of hydrogen-bond donors (Lipinski definition) is 1. The van der Waals surface area contributed by atoms with Gasteiger partial charge in [0.05, 0.1) is 12.6 Å². The molecule has 2 heterocycles. The van der Waals surface area contributed by atoms with Crippen LogP contribution in [0.15, 0.2) is 60.8 Å². The molecule has 5 heteroatoms. The molecule has 1 atom stereocenters. The highest BCUT2D eigenvalue weighted by Crippen LogP contribution is 2.34. The van der Waals surface area contributed by atoms with E-state index >= 15 is 0 Å². The minimum absolute atomic E-state index is 0.0698. The second-order valence-corrected chi connectivity index (χ2v) is 7.92. The van der Waals surface area contributed by atoms with E-state index in [4.69, 9.17) is 17.0 Å². The van der Waals surface area contributed by atoms with Gasteiger partial charge in [0.2, 0.25) is 0 Å². The first-order chi connectivity index (χ1) is 14.0. The number of thiocarbonyl (C=S) groups is 1. The summed E-state index contributed by atoms with van der Waals surface area (Å²) in [5.74, 6) is 0.893. The predicted octanol–water partition coefficient (Wildman–Crippen LogP) is 5.31. The SMILES string of the molecule is CCOc1ccc([C@H]2c3cccn3CCN2C(=S)Nc2cc(C)cc(C)c2)cc1. The molecule has 0 aliphatic carbocycles. The Hall–Kier alpha value is -2.79. The molecule has 0 bridgehead atoms. The van der Waals surface area contributed by atoms with E-state index in [0.717, 1.165) is 29.6 Å². The predicted molar refractivity (Wildman–Crippen MR) is 123 cm³/mol. The van der Waals surface area contributed by atoms with Crippen LogP contribution in [0.25, 0.3) is 0 Å². The maximum absolute atomic E-state index is 5.87. The summed E-state index contributed by atoms with van der Waals surface area (Å²) in [4.78, 5) is 2.29. The molecule has 29 heavy (non-hydrogen) atoms. The number of anilines is 1. The lowest BCUT2D eigenvalue weighted by Gasteiger charge is -2.39. The normalized spacial score (nSPS) is 15.7. The van der Waals surface area contributed by atoms with Crippen LogP contribution in [0.5, 0.6) is 5.75 Å². The molecule has 1 N–H and O–H groups in total. The zero-order valence-corrected chi connectivity index (χ0v) is 18.0. The summed E-state index contributed by atoms with van der Waals surface area (Å²) in [7, 11) is 0. The van der Waals surface area contributed by atoms with Crippen LogP contribution >= 0.6 is 12.2 Å². The van der Waals surface area contributed by atoms with E-state index in [2.05, 4.69) is 77.3 Å². The maximum Gasteiger partial charge on any atom is 0.174 e. The Morgan fingerprint density at radius 1 is 1.07 bits per heavy atom. The summed E-state index contributed by atoms with van der Waals surface area (Å²) in [6.07, 6.45) is 2.15. The van der Waals surface area contributed by atoms with Gasteiger partial charge in [0.1, 0.15) is 5.75 Å². The number of benzene rings is 2. The molecule has 4 rings (SSSR count). The van der Waals surface area contributed by atoms with Gasteiger partial charge in [-0.05, 0) is 86.1 Å². The van der Waals surface area contributed by atoms with Gasteiger partial charge in [-0.1, -0.05) is 18.2 Å². The molecule has 0 spiro atoms. The highest BCUT2D eigenvalue weighted by Gasteiger charge is 2.30. The van der Waals surface area contributed by atoms with Gasteiger partial charge in [0, 0.05) is 30.7 Å². The van der Waals surface area contributed by atoms with Crippen molar-refractivity contribution in [2.75, 3.05) is 18.5 Å². The summed E-state index contributed by atoms with van der Waals surface area (Å²) >= 11 is 5.87. The van der Waals surface area contributed by atoms with Crippen LogP contribution in [0.1, 0.15) is 35.3 Å². The lowest BCUT2D eigenvalue weighted by Crippen LogP contribution is -2.44. The van der Waals surface area contributed by atoms with E-state index in [9.17, 15) is 0 Å². The lowest BCUT2D eigenvalue weighted by molar-refractivity contribution is 0.293. The van der Waals surface area contributed by atoms with Gasteiger partial charge in [-0.25, -0.2) is 0 Å². The second kappa shape index (κ2) is 8.29. The van der Waals surface area contributed by atoms with E-state index in [1.54, 1.807) is 0 Å². The Labute approximate surface area is 178 Å². The average Bonchev–Trinajstić information content (AvgIpc) is 3.16. The Morgan fingerprint density at radius 3 is 2.48 bits per heavy atom. The fourth-order valence-electron chi connectivity index (χ4n) is 4.11. The molecule has 0 fully saturated rings. The van der Waals surface area contributed by atoms with Crippen LogP contribution < -0.4 is 10.1 Å². The first-order valence-electron chi connectivity index (χ1n) is 10.1. The van der Waals surface area contributed by atoms with Gasteiger partial charge in [-0.3, -0.25) is 0 Å². The van der Waals surface area contributed by atoms with Crippen molar-refractivity contribution in [2.45, 2.75) is 33.4 Å². The largest absolute Gasteiger partial charge is 0.494 e. The summed E-state index contributed by atoms with van der Waals surface area (Å²) in [6, 6.07) is 19.2. The quantitative estimate of drug-likeness (QED) is 0.596. The van der Waals surface area contributed by atoms with Crippen molar-refractivity contribution in [3.8, 4) is 5.75 Å². The number of ether oxygens (including phenoxy) is 1. The zero-order valence-electron chi connectivity index (χ0n) is 17.2. The molecule has 0 radical (unpaired) electrons. The molecule has 1 aliphatic heterocycles. The molecular weight excluding hydrogens is 378 g/mol. The minimum Gasteiger partial charge on any atom is -0.494 e. The van der Waals surface area contributed by atoms with Gasteiger partial charge in [0.25, 0.3) is 0 Å². The third kappa shape index (κ3) is 4.15. The van der Waals surface area contributed by atoms with Gasteiger partial charge in [-0.15, -0.1) is 0 Å². The van der Waals surface area contributed by atoms with Gasteiger partial charge >= 0.3 is 0 Å². The summed E-state index contributed by atoms with van der Waals surface area (Å²) in [6.45, 7) is 8.67. The monoisotopic (exact) mass is 405 g/mol. The zero-order chi connectivity index (χ0) is 20.4. The van der Waals surface area contributed by atoms with Crippen LogP contribution in [0.2, 0.25) is 0 Å². The third-order valence-corrected chi connectivity index (χ3v) is 5.62. The highest BCUT2D eigenvalue weighted by molar-refractivity contribution is 7.80. The van der Waals surface area contributed by atoms with Crippen molar-refractivity contribution in [3.05, 3.63) is 83.2 Å². The molecule has 3 aromatic rings. The standard InChI is InChI=1S/C24H27N3OS/c1-4-28-21-9-7-19(8-10-21)23-22-6-5-11-26(22)12-13-27(23)24(29)25-20-15-17(2)14-18(3)16-20/h5-11,14-16,23H,4,12-13H2,1-3H3,(H,25,29)/t23-/m0/s1. The van der Waals surface area contributed by atoms with Gasteiger partial charge in [-0.2, -0.15) is 0 Å². The third-order valence-electron chi connectivity index (χ3n) is 5.28. The minimum atomic E-state index is 0.0698. The van der Waals surface area contributed by atoms with E-state index in [1.807, 2.05) is 19.1 Å². The Balaban J connectivity index is 1.64. The first kappa shape index (κ1) is 19.5. The number of hydrogen-bond acceptors (Lipinski definition) is 2. The molecule has 1 aliphatic rings. The van der Waals surface area contributed by atoms with Crippen molar-refractivity contribution in [3.63, 3.8) is 0 Å². The van der Waals surface area contributed by atoms with Crippen LogP contribution in [-0.4, -0.2) is 27.7 Å². The van der Waals surface area contributed by atoms with Crippen LogP contribution in [0, 0.1) is 13.8 Å². The smallest absolute Gasteiger partial charge is 0.174 e. The summed E-state index contributed by atoms with van der Waals surface area (Å²) in [5, 5.41) is 4.22. The Morgan fingerprint density at radius 2 is 1.79 bits per heavy atom. The molecule has 0 amide bonds. The number of rotatable bonds is 4.